The number of hydrogen-bond donors (Lipinski definition) is 1. The number of carboxylic acids is 1. The zero-order chi connectivity index (χ0) is 13.8. The standard InChI is InChI=1S/C11H13BrN4O2S/c1-2-7(5-9(17)18)6-16-11(13-14-15-16)10-8(12)3-4-19-10/h3-4,7H,2,5-6H2,1H3,(H,17,18). The van der Waals surface area contributed by atoms with Gasteiger partial charge in [-0.2, -0.15) is 0 Å². The molecule has 0 aliphatic carbocycles. The molecule has 19 heavy (non-hydrogen) atoms. The quantitative estimate of drug-likeness (QED) is 0.871. The molecule has 0 fully saturated rings. The minimum Gasteiger partial charge on any atom is -0.481 e. The number of aliphatic carboxylic acids is 1. The van der Waals surface area contributed by atoms with E-state index in [2.05, 4.69) is 31.5 Å². The van der Waals surface area contributed by atoms with E-state index in [1.54, 1.807) is 16.0 Å². The molecule has 2 aromatic rings. The highest BCUT2D eigenvalue weighted by atomic mass is 79.9. The van der Waals surface area contributed by atoms with Crippen molar-refractivity contribution in [3.63, 3.8) is 0 Å². The average Bonchev–Trinajstić information content (AvgIpc) is 2.96. The first kappa shape index (κ1) is 14.1. The molecule has 0 saturated heterocycles. The summed E-state index contributed by atoms with van der Waals surface area (Å²) in [6.45, 7) is 2.48. The van der Waals surface area contributed by atoms with E-state index in [0.29, 0.717) is 12.4 Å². The summed E-state index contributed by atoms with van der Waals surface area (Å²) >= 11 is 5.00. The lowest BCUT2D eigenvalue weighted by atomic mass is 10.0. The Morgan fingerprint density at radius 3 is 3.00 bits per heavy atom. The van der Waals surface area contributed by atoms with E-state index in [-0.39, 0.29) is 12.3 Å². The van der Waals surface area contributed by atoms with Crippen molar-refractivity contribution in [3.05, 3.63) is 15.9 Å². The van der Waals surface area contributed by atoms with Gasteiger partial charge < -0.3 is 5.11 Å². The normalized spacial score (nSPS) is 12.5. The third-order valence-electron chi connectivity index (χ3n) is 2.82. The summed E-state index contributed by atoms with van der Waals surface area (Å²) < 4.78 is 2.62. The van der Waals surface area contributed by atoms with Gasteiger partial charge in [-0.15, -0.1) is 16.4 Å². The molecule has 1 unspecified atom stereocenters. The van der Waals surface area contributed by atoms with Gasteiger partial charge in [0.15, 0.2) is 5.82 Å². The van der Waals surface area contributed by atoms with Crippen LogP contribution in [0.5, 0.6) is 0 Å². The fourth-order valence-electron chi connectivity index (χ4n) is 1.77. The SMILES string of the molecule is CCC(CC(=O)O)Cn1nnnc1-c1sccc1Br. The van der Waals surface area contributed by atoms with E-state index in [0.717, 1.165) is 15.8 Å². The number of hydrogen-bond acceptors (Lipinski definition) is 5. The van der Waals surface area contributed by atoms with Crippen molar-refractivity contribution < 1.29 is 9.90 Å². The highest BCUT2D eigenvalue weighted by Crippen LogP contribution is 2.32. The number of thiophene rings is 1. The lowest BCUT2D eigenvalue weighted by Crippen LogP contribution is -2.16. The van der Waals surface area contributed by atoms with Gasteiger partial charge in [-0.25, -0.2) is 4.68 Å². The van der Waals surface area contributed by atoms with Crippen molar-refractivity contribution in [1.82, 2.24) is 20.2 Å². The molecule has 0 amide bonds. The van der Waals surface area contributed by atoms with Gasteiger partial charge in [0.1, 0.15) is 0 Å². The van der Waals surface area contributed by atoms with Gasteiger partial charge in [0.25, 0.3) is 0 Å². The summed E-state index contributed by atoms with van der Waals surface area (Å²) in [6, 6.07) is 1.94. The zero-order valence-corrected chi connectivity index (χ0v) is 12.7. The van der Waals surface area contributed by atoms with E-state index < -0.39 is 5.97 Å². The van der Waals surface area contributed by atoms with Crippen molar-refractivity contribution in [2.24, 2.45) is 5.92 Å². The minimum atomic E-state index is -0.793. The topological polar surface area (TPSA) is 80.9 Å². The monoisotopic (exact) mass is 344 g/mol. The van der Waals surface area contributed by atoms with Gasteiger partial charge in [0.2, 0.25) is 0 Å². The second-order valence-corrected chi connectivity index (χ2v) is 5.92. The third kappa shape index (κ3) is 3.38. The summed E-state index contributed by atoms with van der Waals surface area (Å²) in [6.07, 6.45) is 0.901. The van der Waals surface area contributed by atoms with E-state index in [1.165, 1.54) is 0 Å². The van der Waals surface area contributed by atoms with Gasteiger partial charge in [-0.3, -0.25) is 4.79 Å². The Kier molecular flexibility index (Phi) is 4.65. The van der Waals surface area contributed by atoms with Crippen LogP contribution in [0.1, 0.15) is 19.8 Å². The van der Waals surface area contributed by atoms with Crippen molar-refractivity contribution in [2.45, 2.75) is 26.3 Å². The molecule has 0 aliphatic heterocycles. The fraction of sp³-hybridized carbons (Fsp3) is 0.455. The number of tetrazole rings is 1. The molecule has 102 valence electrons. The third-order valence-corrected chi connectivity index (χ3v) is 4.66. The number of carbonyl (C=O) groups is 1. The molecule has 8 heteroatoms. The van der Waals surface area contributed by atoms with Gasteiger partial charge >= 0.3 is 5.97 Å². The van der Waals surface area contributed by atoms with Crippen molar-refractivity contribution in [1.29, 1.82) is 0 Å². The van der Waals surface area contributed by atoms with Crippen LogP contribution in [-0.2, 0) is 11.3 Å². The largest absolute Gasteiger partial charge is 0.481 e. The van der Waals surface area contributed by atoms with Crippen molar-refractivity contribution in [3.8, 4) is 10.7 Å². The first-order valence-electron chi connectivity index (χ1n) is 5.83. The zero-order valence-electron chi connectivity index (χ0n) is 10.3. The first-order valence-corrected chi connectivity index (χ1v) is 7.50. The molecule has 2 heterocycles. The molecule has 0 aliphatic rings. The number of carboxylic acid groups (broad SMARTS) is 1. The van der Waals surface area contributed by atoms with Gasteiger partial charge in [-0.05, 0) is 43.7 Å². The van der Waals surface area contributed by atoms with Crippen LogP contribution in [0.3, 0.4) is 0 Å². The van der Waals surface area contributed by atoms with Gasteiger partial charge in [0.05, 0.1) is 4.88 Å². The van der Waals surface area contributed by atoms with E-state index in [1.807, 2.05) is 18.4 Å². The maximum absolute atomic E-state index is 10.8. The van der Waals surface area contributed by atoms with Crippen molar-refractivity contribution >= 4 is 33.2 Å². The molecule has 6 nitrogen and oxygen atoms in total. The predicted octanol–water partition coefficient (Wildman–Crippen LogP) is 2.67. The van der Waals surface area contributed by atoms with Gasteiger partial charge in [0, 0.05) is 17.4 Å². The highest BCUT2D eigenvalue weighted by Gasteiger charge is 2.18. The highest BCUT2D eigenvalue weighted by molar-refractivity contribution is 9.10. The Labute approximate surface area is 122 Å². The van der Waals surface area contributed by atoms with Crippen LogP contribution >= 0.6 is 27.3 Å². The molecular weight excluding hydrogens is 332 g/mol. The molecule has 0 spiro atoms. The van der Waals surface area contributed by atoms with E-state index in [9.17, 15) is 4.79 Å². The minimum absolute atomic E-state index is 0.0264. The van der Waals surface area contributed by atoms with E-state index in [4.69, 9.17) is 5.11 Å². The van der Waals surface area contributed by atoms with Crippen LogP contribution in [0.15, 0.2) is 15.9 Å². The Morgan fingerprint density at radius 2 is 2.42 bits per heavy atom. The fourth-order valence-corrected chi connectivity index (χ4v) is 3.31. The maximum Gasteiger partial charge on any atom is 0.303 e. The van der Waals surface area contributed by atoms with Crippen LogP contribution < -0.4 is 0 Å². The molecular formula is C11H13BrN4O2S. The number of nitrogens with zero attached hydrogens (tertiary/aromatic N) is 4. The van der Waals surface area contributed by atoms with Crippen LogP contribution in [0.2, 0.25) is 0 Å². The lowest BCUT2D eigenvalue weighted by Gasteiger charge is -2.12. The molecule has 0 bridgehead atoms. The summed E-state index contributed by atoms with van der Waals surface area (Å²) in [4.78, 5) is 11.8. The molecule has 0 aromatic carbocycles. The molecule has 2 aromatic heterocycles. The van der Waals surface area contributed by atoms with Crippen LogP contribution in [-0.4, -0.2) is 31.3 Å². The first-order chi connectivity index (χ1) is 9.11. The van der Waals surface area contributed by atoms with Crippen LogP contribution in [0.4, 0.5) is 0 Å². The van der Waals surface area contributed by atoms with E-state index >= 15 is 0 Å². The maximum atomic E-state index is 10.8. The molecule has 1 atom stereocenters. The Bertz CT molecular complexity index is 569. The average molecular weight is 345 g/mol. The number of halogens is 1. The summed E-state index contributed by atoms with van der Waals surface area (Å²) in [5.41, 5.74) is 0. The number of rotatable bonds is 6. The second kappa shape index (κ2) is 6.25. The lowest BCUT2D eigenvalue weighted by molar-refractivity contribution is -0.138. The van der Waals surface area contributed by atoms with Crippen molar-refractivity contribution in [2.75, 3.05) is 0 Å². The number of aromatic nitrogens is 4. The smallest absolute Gasteiger partial charge is 0.303 e. The summed E-state index contributed by atoms with van der Waals surface area (Å²) in [5, 5.41) is 22.5. The Morgan fingerprint density at radius 1 is 1.63 bits per heavy atom. The summed E-state index contributed by atoms with van der Waals surface area (Å²) in [5.74, 6) is -0.0945. The molecule has 0 saturated carbocycles. The van der Waals surface area contributed by atoms with Crippen LogP contribution in [0.25, 0.3) is 10.7 Å². The second-order valence-electron chi connectivity index (χ2n) is 4.15. The molecule has 1 N–H and O–H groups in total. The van der Waals surface area contributed by atoms with Gasteiger partial charge in [-0.1, -0.05) is 13.3 Å². The molecule has 0 radical (unpaired) electrons. The Balaban J connectivity index is 2.20. The van der Waals surface area contributed by atoms with Crippen LogP contribution in [0, 0.1) is 5.92 Å². The molecule has 2 rings (SSSR count). The predicted molar refractivity (Wildman–Crippen MR) is 74.9 cm³/mol. The summed E-state index contributed by atoms with van der Waals surface area (Å²) in [7, 11) is 0. The Hall–Kier alpha value is -1.28.